The third kappa shape index (κ3) is 2.93. The van der Waals surface area contributed by atoms with Crippen LogP contribution in [-0.2, 0) is 0 Å². The summed E-state index contributed by atoms with van der Waals surface area (Å²) in [4.78, 5) is 18.3. The Labute approximate surface area is 98.9 Å². The zero-order chi connectivity index (χ0) is 12.1. The molecule has 90 valence electrons. The van der Waals surface area contributed by atoms with Gasteiger partial charge < -0.3 is 15.7 Å². The first kappa shape index (κ1) is 12.9. The lowest BCUT2D eigenvalue weighted by Gasteiger charge is -2.20. The molecule has 0 aromatic carbocycles. The number of rotatable bonds is 5. The molecule has 1 rings (SSSR count). The smallest absolute Gasteiger partial charge is 0.266 e. The van der Waals surface area contributed by atoms with Crippen LogP contribution in [0, 0.1) is 6.92 Å². The lowest BCUT2D eigenvalue weighted by Crippen LogP contribution is -2.34. The molecule has 0 aliphatic carbocycles. The molecule has 1 aromatic rings. The zero-order valence-corrected chi connectivity index (χ0v) is 10.4. The molecule has 0 aliphatic heterocycles. The average molecular weight is 243 g/mol. The van der Waals surface area contributed by atoms with Crippen LogP contribution in [0.4, 0.5) is 5.13 Å². The fraction of sp³-hybridized carbons (Fsp3) is 0.600. The number of hydrogen-bond acceptors (Lipinski definition) is 5. The van der Waals surface area contributed by atoms with E-state index in [1.54, 1.807) is 11.8 Å². The summed E-state index contributed by atoms with van der Waals surface area (Å²) in [5, 5.41) is 9.31. The van der Waals surface area contributed by atoms with Gasteiger partial charge in [0, 0.05) is 13.1 Å². The Morgan fingerprint density at radius 1 is 1.56 bits per heavy atom. The van der Waals surface area contributed by atoms with Crippen molar-refractivity contribution in [1.29, 1.82) is 0 Å². The molecule has 1 amide bonds. The number of nitrogens with zero attached hydrogens (tertiary/aromatic N) is 2. The summed E-state index contributed by atoms with van der Waals surface area (Å²) in [6.45, 7) is 4.72. The monoisotopic (exact) mass is 243 g/mol. The number of nitrogens with two attached hydrogens (primary N) is 1. The first-order valence-corrected chi connectivity index (χ1v) is 6.04. The van der Waals surface area contributed by atoms with Crippen LogP contribution in [0.2, 0.25) is 0 Å². The Hall–Kier alpha value is -1.14. The molecule has 1 aromatic heterocycles. The number of aryl methyl sites for hydroxylation is 1. The fourth-order valence-corrected chi connectivity index (χ4v) is 2.27. The third-order valence-corrected chi connectivity index (χ3v) is 3.13. The van der Waals surface area contributed by atoms with Gasteiger partial charge in [-0.1, -0.05) is 18.3 Å². The highest BCUT2D eigenvalue weighted by Crippen LogP contribution is 2.21. The molecule has 6 heteroatoms. The van der Waals surface area contributed by atoms with E-state index in [1.807, 2.05) is 6.92 Å². The van der Waals surface area contributed by atoms with Crippen molar-refractivity contribution in [3.05, 3.63) is 10.6 Å². The maximum atomic E-state index is 12.1. The summed E-state index contributed by atoms with van der Waals surface area (Å²) in [5.41, 5.74) is 6.21. The van der Waals surface area contributed by atoms with Crippen molar-refractivity contribution in [1.82, 2.24) is 9.88 Å². The standard InChI is InChI=1S/C10H17N3O2S/c1-3-4-13(5-6-14)9(15)8-7(2)12-10(11)16-8/h14H,3-6H2,1-2H3,(H2,11,12). The van der Waals surface area contributed by atoms with E-state index < -0.39 is 0 Å². The Morgan fingerprint density at radius 3 is 2.69 bits per heavy atom. The van der Waals surface area contributed by atoms with E-state index in [4.69, 9.17) is 10.8 Å². The average Bonchev–Trinajstić information content (AvgIpc) is 2.56. The van der Waals surface area contributed by atoms with Crippen molar-refractivity contribution in [2.45, 2.75) is 20.3 Å². The van der Waals surface area contributed by atoms with E-state index in [0.29, 0.717) is 28.8 Å². The lowest BCUT2D eigenvalue weighted by molar-refractivity contribution is 0.0726. The Balaban J connectivity index is 2.85. The second-order valence-corrected chi connectivity index (χ2v) is 4.51. The molecule has 3 N–H and O–H groups in total. The van der Waals surface area contributed by atoms with Gasteiger partial charge in [0.1, 0.15) is 4.88 Å². The predicted octanol–water partition coefficient (Wildman–Crippen LogP) is 0.878. The minimum Gasteiger partial charge on any atom is -0.395 e. The summed E-state index contributed by atoms with van der Waals surface area (Å²) in [6, 6.07) is 0. The zero-order valence-electron chi connectivity index (χ0n) is 9.56. The number of thiazole rings is 1. The van der Waals surface area contributed by atoms with Crippen molar-refractivity contribution >= 4 is 22.4 Å². The van der Waals surface area contributed by atoms with Crippen LogP contribution in [0.1, 0.15) is 28.7 Å². The molecule has 0 atom stereocenters. The largest absolute Gasteiger partial charge is 0.395 e. The van der Waals surface area contributed by atoms with E-state index in [9.17, 15) is 4.79 Å². The molecule has 0 aliphatic rings. The van der Waals surface area contributed by atoms with E-state index in [-0.39, 0.29) is 12.5 Å². The van der Waals surface area contributed by atoms with Crippen LogP contribution in [0.15, 0.2) is 0 Å². The number of carbonyl (C=O) groups excluding carboxylic acids is 1. The van der Waals surface area contributed by atoms with Gasteiger partial charge in [0.15, 0.2) is 5.13 Å². The number of carbonyl (C=O) groups is 1. The first-order chi connectivity index (χ1) is 7.60. The number of aliphatic hydroxyl groups is 1. The molecule has 0 fully saturated rings. The highest BCUT2D eigenvalue weighted by molar-refractivity contribution is 7.17. The van der Waals surface area contributed by atoms with E-state index >= 15 is 0 Å². The topological polar surface area (TPSA) is 79.5 Å². The molecule has 0 spiro atoms. The van der Waals surface area contributed by atoms with Gasteiger partial charge >= 0.3 is 0 Å². The van der Waals surface area contributed by atoms with Crippen molar-refractivity contribution in [3.63, 3.8) is 0 Å². The van der Waals surface area contributed by atoms with E-state index in [1.165, 1.54) is 11.3 Å². The maximum absolute atomic E-state index is 12.1. The molecule has 0 bridgehead atoms. The third-order valence-electron chi connectivity index (χ3n) is 2.16. The van der Waals surface area contributed by atoms with Crippen LogP contribution in [0.5, 0.6) is 0 Å². The molecule has 0 saturated carbocycles. The van der Waals surface area contributed by atoms with Crippen LogP contribution in [0.25, 0.3) is 0 Å². The van der Waals surface area contributed by atoms with Crippen LogP contribution >= 0.6 is 11.3 Å². The van der Waals surface area contributed by atoms with Crippen molar-refractivity contribution in [2.75, 3.05) is 25.4 Å². The molecule has 0 saturated heterocycles. The van der Waals surface area contributed by atoms with Gasteiger partial charge in [-0.15, -0.1) is 0 Å². The minimum absolute atomic E-state index is 0.0287. The molecule has 1 heterocycles. The normalized spacial score (nSPS) is 10.4. The molecular formula is C10H17N3O2S. The van der Waals surface area contributed by atoms with E-state index in [2.05, 4.69) is 4.98 Å². The summed E-state index contributed by atoms with van der Waals surface area (Å²) < 4.78 is 0. The molecule has 0 radical (unpaired) electrons. The summed E-state index contributed by atoms with van der Waals surface area (Å²) in [6.07, 6.45) is 0.860. The van der Waals surface area contributed by atoms with Crippen LogP contribution in [0.3, 0.4) is 0 Å². The Bertz CT molecular complexity index is 359. The number of hydrogen-bond donors (Lipinski definition) is 2. The predicted molar refractivity (Wildman–Crippen MR) is 64.5 cm³/mol. The Kier molecular flexibility index (Phi) is 4.70. The highest BCUT2D eigenvalue weighted by atomic mass is 32.1. The number of anilines is 1. The van der Waals surface area contributed by atoms with Gasteiger partial charge in [-0.3, -0.25) is 4.79 Å². The SMILES string of the molecule is CCCN(CCO)C(=O)c1sc(N)nc1C. The summed E-state index contributed by atoms with van der Waals surface area (Å²) in [7, 11) is 0. The van der Waals surface area contributed by atoms with Gasteiger partial charge in [0.05, 0.1) is 12.3 Å². The van der Waals surface area contributed by atoms with Gasteiger partial charge in [-0.2, -0.15) is 0 Å². The molecule has 0 unspecified atom stereocenters. The number of aliphatic hydroxyl groups excluding tert-OH is 1. The molecular weight excluding hydrogens is 226 g/mol. The van der Waals surface area contributed by atoms with Crippen molar-refractivity contribution in [3.8, 4) is 0 Å². The van der Waals surface area contributed by atoms with Crippen LogP contribution < -0.4 is 5.73 Å². The first-order valence-electron chi connectivity index (χ1n) is 5.23. The number of amides is 1. The highest BCUT2D eigenvalue weighted by Gasteiger charge is 2.19. The van der Waals surface area contributed by atoms with Crippen molar-refractivity contribution < 1.29 is 9.90 Å². The number of nitrogen functional groups attached to an aromatic ring is 1. The summed E-state index contributed by atoms with van der Waals surface area (Å²) in [5.74, 6) is -0.0948. The lowest BCUT2D eigenvalue weighted by atomic mass is 10.3. The molecule has 16 heavy (non-hydrogen) atoms. The second-order valence-electron chi connectivity index (χ2n) is 3.48. The Morgan fingerprint density at radius 2 is 2.25 bits per heavy atom. The van der Waals surface area contributed by atoms with Gasteiger partial charge in [-0.25, -0.2) is 4.98 Å². The van der Waals surface area contributed by atoms with E-state index in [0.717, 1.165) is 6.42 Å². The minimum atomic E-state index is -0.0948. The van der Waals surface area contributed by atoms with Gasteiger partial charge in [-0.05, 0) is 13.3 Å². The van der Waals surface area contributed by atoms with Gasteiger partial charge in [0.25, 0.3) is 5.91 Å². The second kappa shape index (κ2) is 5.81. The van der Waals surface area contributed by atoms with Crippen molar-refractivity contribution in [2.24, 2.45) is 0 Å². The van der Waals surface area contributed by atoms with Gasteiger partial charge in [0.2, 0.25) is 0 Å². The molecule has 5 nitrogen and oxygen atoms in total. The maximum Gasteiger partial charge on any atom is 0.266 e. The van der Waals surface area contributed by atoms with Crippen LogP contribution in [-0.4, -0.2) is 40.6 Å². The number of aromatic nitrogens is 1. The quantitative estimate of drug-likeness (QED) is 0.804. The fourth-order valence-electron chi connectivity index (χ4n) is 1.46. The summed E-state index contributed by atoms with van der Waals surface area (Å²) >= 11 is 1.20.